The predicted octanol–water partition coefficient (Wildman–Crippen LogP) is 3.18. The Hall–Kier alpha value is -3.09. The molecule has 1 aliphatic heterocycles. The number of methoxy groups -OCH3 is 2. The number of amides is 1. The lowest BCUT2D eigenvalue weighted by Gasteiger charge is -2.31. The molecule has 7 nitrogen and oxygen atoms in total. The van der Waals surface area contributed by atoms with E-state index in [9.17, 15) is 9.59 Å². The van der Waals surface area contributed by atoms with Crippen LogP contribution in [0.3, 0.4) is 0 Å². The predicted molar refractivity (Wildman–Crippen MR) is 108 cm³/mol. The highest BCUT2D eigenvalue weighted by molar-refractivity contribution is 5.95. The van der Waals surface area contributed by atoms with E-state index in [0.29, 0.717) is 49.6 Å². The lowest BCUT2D eigenvalue weighted by Crippen LogP contribution is -2.40. The highest BCUT2D eigenvalue weighted by Crippen LogP contribution is 2.32. The lowest BCUT2D eigenvalue weighted by molar-refractivity contribution is -0.149. The van der Waals surface area contributed by atoms with E-state index in [1.54, 1.807) is 38.4 Å². The number of likely N-dealkylation sites (tertiary alicyclic amines) is 1. The van der Waals surface area contributed by atoms with Gasteiger partial charge in [0.1, 0.15) is 0 Å². The van der Waals surface area contributed by atoms with Crippen molar-refractivity contribution in [1.29, 1.82) is 0 Å². The Balaban J connectivity index is 1.73. The molecule has 0 saturated carbocycles. The van der Waals surface area contributed by atoms with Crippen molar-refractivity contribution >= 4 is 11.9 Å². The zero-order valence-corrected chi connectivity index (χ0v) is 17.0. The number of carbonyl (C=O) groups is 2. The molecule has 7 heteroatoms. The van der Waals surface area contributed by atoms with Crippen LogP contribution >= 0.6 is 0 Å². The molecule has 1 saturated heterocycles. The molecular weight excluding hydrogens is 372 g/mol. The molecule has 2 heterocycles. The van der Waals surface area contributed by atoms with Gasteiger partial charge in [-0.25, -0.2) is 0 Å². The highest BCUT2D eigenvalue weighted by atomic mass is 16.5. The van der Waals surface area contributed by atoms with Crippen molar-refractivity contribution in [2.24, 2.45) is 5.92 Å². The Bertz CT molecular complexity index is 875. The van der Waals surface area contributed by atoms with Gasteiger partial charge in [-0.1, -0.05) is 6.07 Å². The van der Waals surface area contributed by atoms with Crippen molar-refractivity contribution in [1.82, 2.24) is 9.88 Å². The molecule has 2 aromatic rings. The first kappa shape index (κ1) is 20.6. The summed E-state index contributed by atoms with van der Waals surface area (Å²) < 4.78 is 15.7. The molecule has 1 fully saturated rings. The molecule has 3 rings (SSSR count). The number of aromatic nitrogens is 1. The van der Waals surface area contributed by atoms with Crippen LogP contribution in [0.1, 0.15) is 30.1 Å². The summed E-state index contributed by atoms with van der Waals surface area (Å²) in [7, 11) is 3.17. The monoisotopic (exact) mass is 398 g/mol. The Kier molecular flexibility index (Phi) is 6.69. The van der Waals surface area contributed by atoms with Crippen LogP contribution in [-0.2, 0) is 9.53 Å². The van der Waals surface area contributed by atoms with Crippen molar-refractivity contribution in [3.63, 3.8) is 0 Å². The molecule has 1 aromatic carbocycles. The van der Waals surface area contributed by atoms with E-state index in [-0.39, 0.29) is 17.8 Å². The van der Waals surface area contributed by atoms with Gasteiger partial charge >= 0.3 is 5.97 Å². The number of piperidine rings is 1. The van der Waals surface area contributed by atoms with E-state index in [2.05, 4.69) is 4.98 Å². The number of carbonyl (C=O) groups excluding carboxylic acids is 2. The maximum atomic E-state index is 12.9. The summed E-state index contributed by atoms with van der Waals surface area (Å²) in [6.07, 6.45) is 4.52. The van der Waals surface area contributed by atoms with Crippen molar-refractivity contribution in [3.05, 3.63) is 42.2 Å². The number of hydrogen-bond donors (Lipinski definition) is 0. The molecule has 0 unspecified atom stereocenters. The minimum Gasteiger partial charge on any atom is -0.493 e. The number of rotatable bonds is 6. The second kappa shape index (κ2) is 9.41. The van der Waals surface area contributed by atoms with Gasteiger partial charge in [-0.15, -0.1) is 0 Å². The topological polar surface area (TPSA) is 78.0 Å². The zero-order chi connectivity index (χ0) is 20.8. The first-order valence-electron chi connectivity index (χ1n) is 9.70. The summed E-state index contributed by atoms with van der Waals surface area (Å²) in [6.45, 7) is 3.24. The first-order valence-corrected chi connectivity index (χ1v) is 9.70. The molecule has 1 aliphatic rings. The number of nitrogens with zero attached hydrogens (tertiary/aromatic N) is 2. The normalized spacial score (nSPS) is 14.4. The van der Waals surface area contributed by atoms with E-state index in [1.807, 2.05) is 24.3 Å². The molecule has 0 N–H and O–H groups in total. The van der Waals surface area contributed by atoms with Gasteiger partial charge in [-0.2, -0.15) is 0 Å². The smallest absolute Gasteiger partial charge is 0.309 e. The summed E-state index contributed by atoms with van der Waals surface area (Å²) in [5.41, 5.74) is 2.22. The molecule has 1 amide bonds. The van der Waals surface area contributed by atoms with Crippen LogP contribution in [-0.4, -0.2) is 55.7 Å². The quantitative estimate of drug-likeness (QED) is 0.696. The minimum atomic E-state index is -0.170. The standard InChI is InChI=1S/C22H26N2O5/c1-4-29-22(26)15-7-9-24(10-8-15)21(25)18-11-17(13-23-14-18)16-5-6-19(27-2)20(12-16)28-3/h5-6,11-15H,4,7-10H2,1-3H3. The van der Waals surface area contributed by atoms with E-state index < -0.39 is 0 Å². The summed E-state index contributed by atoms with van der Waals surface area (Å²) >= 11 is 0. The van der Waals surface area contributed by atoms with Crippen LogP contribution < -0.4 is 9.47 Å². The number of hydrogen-bond acceptors (Lipinski definition) is 6. The van der Waals surface area contributed by atoms with Crippen LogP contribution in [0.15, 0.2) is 36.7 Å². The minimum absolute atomic E-state index is 0.0814. The molecule has 154 valence electrons. The maximum Gasteiger partial charge on any atom is 0.309 e. The fourth-order valence-electron chi connectivity index (χ4n) is 3.49. The Morgan fingerprint density at radius 3 is 2.41 bits per heavy atom. The van der Waals surface area contributed by atoms with Gasteiger partial charge in [0.2, 0.25) is 0 Å². The van der Waals surface area contributed by atoms with Crippen LogP contribution in [0, 0.1) is 5.92 Å². The summed E-state index contributed by atoms with van der Waals surface area (Å²) in [4.78, 5) is 30.8. The second-order valence-corrected chi connectivity index (χ2v) is 6.85. The molecule has 0 aliphatic carbocycles. The van der Waals surface area contributed by atoms with E-state index in [0.717, 1.165) is 11.1 Å². The summed E-state index contributed by atoms with van der Waals surface area (Å²) in [6, 6.07) is 7.41. The van der Waals surface area contributed by atoms with Crippen molar-refractivity contribution in [2.45, 2.75) is 19.8 Å². The van der Waals surface area contributed by atoms with Crippen LogP contribution in [0.5, 0.6) is 11.5 Å². The average Bonchev–Trinajstić information content (AvgIpc) is 2.78. The third kappa shape index (κ3) is 4.67. The summed E-state index contributed by atoms with van der Waals surface area (Å²) in [5, 5.41) is 0. The zero-order valence-electron chi connectivity index (χ0n) is 17.0. The molecule has 29 heavy (non-hydrogen) atoms. The van der Waals surface area contributed by atoms with Gasteiger partial charge in [-0.3, -0.25) is 14.6 Å². The SMILES string of the molecule is CCOC(=O)C1CCN(C(=O)c2cncc(-c3ccc(OC)c(OC)c3)c2)CC1. The van der Waals surface area contributed by atoms with E-state index in [4.69, 9.17) is 14.2 Å². The number of ether oxygens (including phenoxy) is 3. The number of esters is 1. The van der Waals surface area contributed by atoms with Crippen LogP contribution in [0.4, 0.5) is 0 Å². The van der Waals surface area contributed by atoms with E-state index >= 15 is 0 Å². The molecule has 0 bridgehead atoms. The van der Waals surface area contributed by atoms with Gasteiger partial charge in [-0.05, 0) is 43.5 Å². The van der Waals surface area contributed by atoms with Crippen molar-refractivity contribution in [3.8, 4) is 22.6 Å². The largest absolute Gasteiger partial charge is 0.493 e. The molecular formula is C22H26N2O5. The Morgan fingerprint density at radius 2 is 1.76 bits per heavy atom. The molecule has 0 radical (unpaired) electrons. The first-order chi connectivity index (χ1) is 14.1. The lowest BCUT2D eigenvalue weighted by atomic mass is 9.96. The van der Waals surface area contributed by atoms with Gasteiger partial charge in [0.05, 0.1) is 32.3 Å². The number of benzene rings is 1. The van der Waals surface area contributed by atoms with Crippen LogP contribution in [0.2, 0.25) is 0 Å². The third-order valence-corrected chi connectivity index (χ3v) is 5.10. The highest BCUT2D eigenvalue weighted by Gasteiger charge is 2.28. The fourth-order valence-corrected chi connectivity index (χ4v) is 3.49. The van der Waals surface area contributed by atoms with Gasteiger partial charge < -0.3 is 19.1 Å². The third-order valence-electron chi connectivity index (χ3n) is 5.10. The molecule has 0 atom stereocenters. The fraction of sp³-hybridized carbons (Fsp3) is 0.409. The Labute approximate surface area is 170 Å². The molecule has 1 aromatic heterocycles. The second-order valence-electron chi connectivity index (χ2n) is 6.85. The van der Waals surface area contributed by atoms with Gasteiger partial charge in [0.15, 0.2) is 11.5 Å². The van der Waals surface area contributed by atoms with Gasteiger partial charge in [0.25, 0.3) is 5.91 Å². The molecule has 0 spiro atoms. The van der Waals surface area contributed by atoms with Crippen molar-refractivity contribution < 1.29 is 23.8 Å². The van der Waals surface area contributed by atoms with Crippen molar-refractivity contribution in [2.75, 3.05) is 33.9 Å². The van der Waals surface area contributed by atoms with Gasteiger partial charge in [0, 0.05) is 31.0 Å². The summed E-state index contributed by atoms with van der Waals surface area (Å²) in [5.74, 6) is 0.873. The van der Waals surface area contributed by atoms with Crippen LogP contribution in [0.25, 0.3) is 11.1 Å². The van der Waals surface area contributed by atoms with E-state index in [1.165, 1.54) is 0 Å². The Morgan fingerprint density at radius 1 is 1.03 bits per heavy atom. The number of pyridine rings is 1. The maximum absolute atomic E-state index is 12.9. The average molecular weight is 398 g/mol.